The van der Waals surface area contributed by atoms with Gasteiger partial charge in [0.1, 0.15) is 5.82 Å². The molecule has 2 unspecified atom stereocenters. The van der Waals surface area contributed by atoms with Crippen molar-refractivity contribution in [3.8, 4) is 10.4 Å². The molecule has 2 aromatic carbocycles. The predicted octanol–water partition coefficient (Wildman–Crippen LogP) is 7.63. The van der Waals surface area contributed by atoms with Gasteiger partial charge in [-0.25, -0.2) is 4.39 Å². The first-order chi connectivity index (χ1) is 17.6. The van der Waals surface area contributed by atoms with E-state index in [0.717, 1.165) is 23.8 Å². The first-order valence-corrected chi connectivity index (χ1v) is 13.6. The minimum atomic E-state index is -4.73. The minimum absolute atomic E-state index is 0.291. The number of pyridine rings is 1. The Labute approximate surface area is 223 Å². The van der Waals surface area contributed by atoms with Gasteiger partial charge in [0.15, 0.2) is 0 Å². The van der Waals surface area contributed by atoms with Crippen LogP contribution in [0.3, 0.4) is 0 Å². The highest BCUT2D eigenvalue weighted by Gasteiger charge is 2.37. The molecule has 2 aromatic heterocycles. The summed E-state index contributed by atoms with van der Waals surface area (Å²) in [5.41, 5.74) is 7.01. The van der Waals surface area contributed by atoms with Crippen LogP contribution in [0.4, 0.5) is 17.6 Å². The molecule has 3 heterocycles. The third-order valence-corrected chi connectivity index (χ3v) is 9.13. The molecule has 5 rings (SSSR count). The third kappa shape index (κ3) is 4.74. The Balaban J connectivity index is 1.74. The zero-order valence-corrected chi connectivity index (χ0v) is 21.9. The summed E-state index contributed by atoms with van der Waals surface area (Å²) in [5, 5.41) is 0.515. The summed E-state index contributed by atoms with van der Waals surface area (Å²) in [5.74, 6) is -0.490. The molecular weight excluding hydrogens is 544 g/mol. The summed E-state index contributed by atoms with van der Waals surface area (Å²) in [4.78, 5) is 14.5. The molecule has 1 aliphatic rings. The fourth-order valence-electron chi connectivity index (χ4n) is 4.82. The molecule has 0 aliphatic carbocycles. The van der Waals surface area contributed by atoms with Gasteiger partial charge in [-0.3, -0.25) is 9.36 Å². The fourth-order valence-corrected chi connectivity index (χ4v) is 7.39. The van der Waals surface area contributed by atoms with E-state index in [-0.39, 0.29) is 12.0 Å². The van der Waals surface area contributed by atoms with Crippen LogP contribution in [0.25, 0.3) is 10.4 Å². The van der Waals surface area contributed by atoms with Crippen LogP contribution in [0.5, 0.6) is 0 Å². The number of nitrogens with zero attached hydrogens (tertiary/aromatic N) is 1. The lowest BCUT2D eigenvalue weighted by molar-refractivity contribution is -0.138. The van der Waals surface area contributed by atoms with Crippen molar-refractivity contribution in [2.75, 3.05) is 5.75 Å². The number of aromatic nitrogens is 1. The molecule has 10 heteroatoms. The van der Waals surface area contributed by atoms with Crippen molar-refractivity contribution in [1.82, 2.24) is 4.57 Å². The number of benzene rings is 2. The molecule has 1 aliphatic heterocycles. The average molecular weight is 565 g/mol. The molecule has 0 saturated heterocycles. The smallest absolute Gasteiger partial charge is 0.322 e. The van der Waals surface area contributed by atoms with Crippen LogP contribution in [0.1, 0.15) is 39.9 Å². The molecule has 0 amide bonds. The van der Waals surface area contributed by atoms with Crippen molar-refractivity contribution >= 4 is 34.7 Å². The Morgan fingerprint density at radius 1 is 1.08 bits per heavy atom. The molecule has 2 N–H and O–H groups in total. The topological polar surface area (TPSA) is 48.0 Å². The van der Waals surface area contributed by atoms with Crippen molar-refractivity contribution in [2.45, 2.75) is 36.6 Å². The van der Waals surface area contributed by atoms with E-state index in [1.54, 1.807) is 23.6 Å². The second-order valence-electron chi connectivity index (χ2n) is 8.82. The van der Waals surface area contributed by atoms with E-state index >= 15 is 0 Å². The van der Waals surface area contributed by atoms with E-state index in [0.29, 0.717) is 36.7 Å². The normalized spacial score (nSPS) is 16.1. The van der Waals surface area contributed by atoms with Crippen LogP contribution in [0, 0.1) is 12.7 Å². The van der Waals surface area contributed by atoms with E-state index in [9.17, 15) is 22.4 Å². The number of nitrogens with two attached hydrogens (primary N) is 1. The molecule has 0 fully saturated rings. The molecule has 0 spiro atoms. The number of hydrogen-bond acceptors (Lipinski definition) is 4. The lowest BCUT2D eigenvalue weighted by Gasteiger charge is -2.24. The van der Waals surface area contributed by atoms with Crippen LogP contribution in [0.2, 0.25) is 4.34 Å². The quantitative estimate of drug-likeness (QED) is 0.253. The van der Waals surface area contributed by atoms with E-state index in [1.165, 1.54) is 23.1 Å². The molecule has 0 radical (unpaired) electrons. The van der Waals surface area contributed by atoms with E-state index < -0.39 is 35.2 Å². The van der Waals surface area contributed by atoms with Gasteiger partial charge in [-0.1, -0.05) is 48.0 Å². The van der Waals surface area contributed by atoms with Crippen LogP contribution >= 0.6 is 34.7 Å². The highest BCUT2D eigenvalue weighted by molar-refractivity contribution is 7.99. The van der Waals surface area contributed by atoms with Crippen molar-refractivity contribution < 1.29 is 17.6 Å². The number of alkyl halides is 3. The lowest BCUT2D eigenvalue weighted by Crippen LogP contribution is -2.33. The van der Waals surface area contributed by atoms with Crippen molar-refractivity contribution in [3.05, 3.63) is 109 Å². The maximum atomic E-state index is 14.9. The number of hydrogen-bond donors (Lipinski definition) is 1. The number of thiophene rings is 1. The van der Waals surface area contributed by atoms with Crippen LogP contribution in [0.15, 0.2) is 70.5 Å². The summed E-state index contributed by atoms with van der Waals surface area (Å²) in [6, 6.07) is 14.7. The van der Waals surface area contributed by atoms with Gasteiger partial charge < -0.3 is 5.73 Å². The fraction of sp³-hybridized carbons (Fsp3) is 0.222. The van der Waals surface area contributed by atoms with Crippen LogP contribution in [-0.4, -0.2) is 10.3 Å². The highest BCUT2D eigenvalue weighted by atomic mass is 35.5. The Morgan fingerprint density at radius 3 is 2.46 bits per heavy atom. The predicted molar refractivity (Wildman–Crippen MR) is 141 cm³/mol. The molecule has 3 nitrogen and oxygen atoms in total. The van der Waals surface area contributed by atoms with Gasteiger partial charge in [-0.2, -0.15) is 13.2 Å². The van der Waals surface area contributed by atoms with E-state index in [2.05, 4.69) is 0 Å². The van der Waals surface area contributed by atoms with Gasteiger partial charge in [-0.05, 0) is 47.9 Å². The zero-order chi connectivity index (χ0) is 26.5. The molecule has 37 heavy (non-hydrogen) atoms. The molecule has 0 saturated carbocycles. The SMILES string of the molecule is Cc1c(Cc2c(F)cccc2C(F)(F)F)c2n(c(=O)c1-c1ccc(Cl)s1)C(C(N)c1ccccc1)CS2. The second-order valence-corrected chi connectivity index (χ2v) is 11.5. The summed E-state index contributed by atoms with van der Waals surface area (Å²) < 4.78 is 58.4. The van der Waals surface area contributed by atoms with Gasteiger partial charge in [0.2, 0.25) is 0 Å². The van der Waals surface area contributed by atoms with Gasteiger partial charge >= 0.3 is 6.18 Å². The number of halogens is 5. The maximum absolute atomic E-state index is 14.9. The number of fused-ring (bicyclic) bond motifs is 1. The highest BCUT2D eigenvalue weighted by Crippen LogP contribution is 2.45. The largest absolute Gasteiger partial charge is 0.416 e. The first-order valence-electron chi connectivity index (χ1n) is 11.4. The molecule has 192 valence electrons. The number of thioether (sulfide) groups is 1. The van der Waals surface area contributed by atoms with Crippen molar-refractivity contribution in [2.24, 2.45) is 5.73 Å². The third-order valence-electron chi connectivity index (χ3n) is 6.66. The first kappa shape index (κ1) is 26.0. The van der Waals surface area contributed by atoms with Gasteiger partial charge in [0, 0.05) is 22.6 Å². The van der Waals surface area contributed by atoms with Crippen LogP contribution < -0.4 is 11.3 Å². The van der Waals surface area contributed by atoms with E-state index in [1.807, 2.05) is 30.3 Å². The lowest BCUT2D eigenvalue weighted by atomic mass is 9.94. The number of rotatable bonds is 5. The Bertz CT molecular complexity index is 1530. The Morgan fingerprint density at radius 2 is 1.81 bits per heavy atom. The van der Waals surface area contributed by atoms with Gasteiger partial charge in [-0.15, -0.1) is 23.1 Å². The summed E-state index contributed by atoms with van der Waals surface area (Å²) in [6.45, 7) is 1.69. The molecule has 0 bridgehead atoms. The van der Waals surface area contributed by atoms with Gasteiger partial charge in [0.25, 0.3) is 5.56 Å². The van der Waals surface area contributed by atoms with Crippen molar-refractivity contribution in [1.29, 1.82) is 0 Å². The zero-order valence-electron chi connectivity index (χ0n) is 19.5. The molecule has 2 atom stereocenters. The standard InChI is InChI=1S/C27H21ClF4N2OS2/c1-14-16(12-17-18(27(30,31)32)8-5-9-19(17)29)26-34(25(35)23(14)21-10-11-22(28)37-21)20(13-36-26)24(33)15-6-3-2-4-7-15/h2-11,20,24H,12-13,33H2,1H3. The van der Waals surface area contributed by atoms with Gasteiger partial charge in [0.05, 0.1) is 32.6 Å². The average Bonchev–Trinajstić information content (AvgIpc) is 3.49. The summed E-state index contributed by atoms with van der Waals surface area (Å²) in [7, 11) is 0. The summed E-state index contributed by atoms with van der Waals surface area (Å²) in [6.07, 6.45) is -5.05. The van der Waals surface area contributed by atoms with Crippen LogP contribution in [-0.2, 0) is 12.6 Å². The monoisotopic (exact) mass is 564 g/mol. The second kappa shape index (κ2) is 9.94. The minimum Gasteiger partial charge on any atom is -0.322 e. The molecular formula is C27H21ClF4N2OS2. The van der Waals surface area contributed by atoms with Crippen molar-refractivity contribution in [3.63, 3.8) is 0 Å². The Hall–Kier alpha value is -2.59. The summed E-state index contributed by atoms with van der Waals surface area (Å²) >= 11 is 8.73. The maximum Gasteiger partial charge on any atom is 0.416 e. The molecule has 4 aromatic rings. The Kier molecular flexibility index (Phi) is 7.00. The van der Waals surface area contributed by atoms with E-state index in [4.69, 9.17) is 17.3 Å².